The molecule has 0 saturated heterocycles. The molecule has 0 saturated carbocycles. The number of carboxylic acids is 1. The summed E-state index contributed by atoms with van der Waals surface area (Å²) in [7, 11) is 0. The molecule has 1 aromatic rings. The van der Waals surface area contributed by atoms with Gasteiger partial charge in [-0.1, -0.05) is 0 Å². The number of carbonyl (C=O) groups is 3. The lowest BCUT2D eigenvalue weighted by atomic mass is 10.1. The molecule has 0 aromatic heterocycles. The van der Waals surface area contributed by atoms with Crippen LogP contribution < -0.4 is 20.5 Å². The number of nitrogens with one attached hydrogen (secondary N) is 1. The van der Waals surface area contributed by atoms with Crippen molar-refractivity contribution in [3.8, 4) is 11.5 Å². The van der Waals surface area contributed by atoms with Gasteiger partial charge in [0, 0.05) is 6.42 Å². The van der Waals surface area contributed by atoms with Crippen LogP contribution in [0.15, 0.2) is 24.3 Å². The highest BCUT2D eigenvalue weighted by Crippen LogP contribution is 2.17. The largest absolute Gasteiger partial charge is 0.494 e. The molecule has 1 unspecified atom stereocenters. The van der Waals surface area contributed by atoms with Crippen molar-refractivity contribution >= 4 is 17.8 Å². The normalized spacial score (nSPS) is 11.3. The molecule has 0 spiro atoms. The maximum Gasteiger partial charge on any atom is 0.326 e. The van der Waals surface area contributed by atoms with E-state index >= 15 is 0 Å². The monoisotopic (exact) mass is 324 g/mol. The van der Waals surface area contributed by atoms with Gasteiger partial charge in [0.25, 0.3) is 5.91 Å². The van der Waals surface area contributed by atoms with E-state index in [1.165, 1.54) is 0 Å². The molecule has 8 heteroatoms. The Morgan fingerprint density at radius 3 is 2.22 bits per heavy atom. The van der Waals surface area contributed by atoms with E-state index in [1.807, 2.05) is 6.92 Å². The number of hydrogen-bond donors (Lipinski definition) is 3. The highest BCUT2D eigenvalue weighted by Gasteiger charge is 2.20. The fourth-order valence-electron chi connectivity index (χ4n) is 1.73. The number of aliphatic carboxylic acids is 1. The molecule has 1 rings (SSSR count). The van der Waals surface area contributed by atoms with Crippen molar-refractivity contribution in [3.05, 3.63) is 24.3 Å². The van der Waals surface area contributed by atoms with Gasteiger partial charge in [-0.3, -0.25) is 9.59 Å². The number of rotatable bonds is 10. The molecular weight excluding hydrogens is 304 g/mol. The van der Waals surface area contributed by atoms with Crippen LogP contribution in [0.5, 0.6) is 11.5 Å². The molecule has 0 radical (unpaired) electrons. The Bertz CT molecular complexity index is 543. The number of primary amides is 1. The van der Waals surface area contributed by atoms with E-state index in [0.29, 0.717) is 18.1 Å². The predicted octanol–water partition coefficient (Wildman–Crippen LogP) is 0.299. The van der Waals surface area contributed by atoms with Crippen LogP contribution in [-0.2, 0) is 14.4 Å². The lowest BCUT2D eigenvalue weighted by molar-refractivity contribution is -0.142. The van der Waals surface area contributed by atoms with E-state index < -0.39 is 23.8 Å². The van der Waals surface area contributed by atoms with Gasteiger partial charge in [0.2, 0.25) is 5.91 Å². The minimum Gasteiger partial charge on any atom is -0.494 e. The maximum absolute atomic E-state index is 11.7. The molecule has 0 aliphatic rings. The second-order valence-corrected chi connectivity index (χ2v) is 4.66. The van der Waals surface area contributed by atoms with Gasteiger partial charge in [0.15, 0.2) is 6.61 Å². The average molecular weight is 324 g/mol. The summed E-state index contributed by atoms with van der Waals surface area (Å²) in [5, 5.41) is 11.3. The SMILES string of the molecule is CCOc1ccc(OCC(=O)NC(CCC(N)=O)C(=O)O)cc1. The third-order valence-corrected chi connectivity index (χ3v) is 2.82. The maximum atomic E-state index is 11.7. The Morgan fingerprint density at radius 1 is 1.17 bits per heavy atom. The van der Waals surface area contributed by atoms with E-state index in [4.69, 9.17) is 20.3 Å². The summed E-state index contributed by atoms with van der Waals surface area (Å²) >= 11 is 0. The fraction of sp³-hybridized carbons (Fsp3) is 0.400. The Morgan fingerprint density at radius 2 is 1.74 bits per heavy atom. The molecule has 1 atom stereocenters. The van der Waals surface area contributed by atoms with Crippen LogP contribution in [0, 0.1) is 0 Å². The van der Waals surface area contributed by atoms with Crippen molar-refractivity contribution < 1.29 is 29.0 Å². The number of ether oxygens (including phenoxy) is 2. The van der Waals surface area contributed by atoms with E-state index in [1.54, 1.807) is 24.3 Å². The third-order valence-electron chi connectivity index (χ3n) is 2.82. The summed E-state index contributed by atoms with van der Waals surface area (Å²) in [5.74, 6) is -1.33. The summed E-state index contributed by atoms with van der Waals surface area (Å²) in [6.45, 7) is 2.07. The standard InChI is InChI=1S/C15H20N2O6/c1-2-22-10-3-5-11(6-4-10)23-9-14(19)17-12(15(20)21)7-8-13(16)18/h3-6,12H,2,7-9H2,1H3,(H2,16,18)(H,17,19)(H,20,21). The number of hydrogen-bond acceptors (Lipinski definition) is 5. The predicted molar refractivity (Wildman–Crippen MR) is 81.1 cm³/mol. The molecule has 126 valence electrons. The molecule has 2 amide bonds. The smallest absolute Gasteiger partial charge is 0.326 e. The second kappa shape index (κ2) is 9.29. The van der Waals surface area contributed by atoms with Crippen molar-refractivity contribution in [2.24, 2.45) is 5.73 Å². The first-order valence-electron chi connectivity index (χ1n) is 7.08. The zero-order valence-electron chi connectivity index (χ0n) is 12.8. The fourth-order valence-corrected chi connectivity index (χ4v) is 1.73. The van der Waals surface area contributed by atoms with E-state index in [0.717, 1.165) is 0 Å². The Labute approximate surface area is 133 Å². The highest BCUT2D eigenvalue weighted by atomic mass is 16.5. The highest BCUT2D eigenvalue weighted by molar-refractivity contribution is 5.85. The van der Waals surface area contributed by atoms with Crippen molar-refractivity contribution in [1.82, 2.24) is 5.32 Å². The van der Waals surface area contributed by atoms with Gasteiger partial charge in [-0.15, -0.1) is 0 Å². The molecule has 0 aliphatic heterocycles. The minimum atomic E-state index is -1.24. The van der Waals surface area contributed by atoms with E-state index in [2.05, 4.69) is 5.32 Å². The lowest BCUT2D eigenvalue weighted by Gasteiger charge is -2.14. The van der Waals surface area contributed by atoms with Crippen LogP contribution in [0.3, 0.4) is 0 Å². The van der Waals surface area contributed by atoms with Crippen LogP contribution >= 0.6 is 0 Å². The number of nitrogens with two attached hydrogens (primary N) is 1. The number of carbonyl (C=O) groups excluding carboxylic acids is 2. The van der Waals surface area contributed by atoms with Gasteiger partial charge in [0.05, 0.1) is 6.61 Å². The molecule has 0 aliphatic carbocycles. The molecule has 1 aromatic carbocycles. The van der Waals surface area contributed by atoms with Crippen molar-refractivity contribution in [2.45, 2.75) is 25.8 Å². The van der Waals surface area contributed by atoms with Gasteiger partial charge in [0.1, 0.15) is 17.5 Å². The molecule has 4 N–H and O–H groups in total. The first-order valence-corrected chi connectivity index (χ1v) is 7.08. The Balaban J connectivity index is 2.45. The topological polar surface area (TPSA) is 128 Å². The first-order chi connectivity index (χ1) is 10.9. The number of benzene rings is 1. The van der Waals surface area contributed by atoms with E-state index in [-0.39, 0.29) is 19.4 Å². The Hall–Kier alpha value is -2.77. The van der Waals surface area contributed by atoms with Crippen LogP contribution in [0.25, 0.3) is 0 Å². The minimum absolute atomic E-state index is 0.0700. The van der Waals surface area contributed by atoms with Gasteiger partial charge in [-0.25, -0.2) is 4.79 Å². The van der Waals surface area contributed by atoms with Crippen LogP contribution in [0.4, 0.5) is 0 Å². The molecule has 0 fully saturated rings. The van der Waals surface area contributed by atoms with Crippen LogP contribution in [-0.4, -0.2) is 42.1 Å². The van der Waals surface area contributed by atoms with Gasteiger partial charge < -0.3 is 25.6 Å². The van der Waals surface area contributed by atoms with Crippen molar-refractivity contribution in [2.75, 3.05) is 13.2 Å². The van der Waals surface area contributed by atoms with Gasteiger partial charge in [-0.05, 0) is 37.6 Å². The Kier molecular flexibility index (Phi) is 7.38. The third kappa shape index (κ3) is 7.16. The summed E-state index contributed by atoms with van der Waals surface area (Å²) in [4.78, 5) is 33.4. The average Bonchev–Trinajstić information content (AvgIpc) is 2.50. The van der Waals surface area contributed by atoms with Gasteiger partial charge >= 0.3 is 5.97 Å². The molecule has 8 nitrogen and oxygen atoms in total. The molecule has 0 bridgehead atoms. The number of carboxylic acid groups (broad SMARTS) is 1. The summed E-state index contributed by atoms with van der Waals surface area (Å²) < 4.78 is 10.5. The van der Waals surface area contributed by atoms with Gasteiger partial charge in [-0.2, -0.15) is 0 Å². The van der Waals surface area contributed by atoms with E-state index in [9.17, 15) is 14.4 Å². The van der Waals surface area contributed by atoms with Crippen molar-refractivity contribution in [1.29, 1.82) is 0 Å². The first kappa shape index (κ1) is 18.3. The zero-order valence-corrected chi connectivity index (χ0v) is 12.8. The summed E-state index contributed by atoms with van der Waals surface area (Å²) in [5.41, 5.74) is 4.96. The summed E-state index contributed by atoms with van der Waals surface area (Å²) in [6, 6.07) is 5.49. The van der Waals surface area contributed by atoms with Crippen molar-refractivity contribution in [3.63, 3.8) is 0 Å². The molecule has 23 heavy (non-hydrogen) atoms. The number of amides is 2. The van der Waals surface area contributed by atoms with Crippen LogP contribution in [0.2, 0.25) is 0 Å². The molecular formula is C15H20N2O6. The quantitative estimate of drug-likeness (QED) is 0.568. The lowest BCUT2D eigenvalue weighted by Crippen LogP contribution is -2.43. The summed E-state index contributed by atoms with van der Waals surface area (Å²) in [6.07, 6.45) is -0.198. The van der Waals surface area contributed by atoms with Crippen LogP contribution in [0.1, 0.15) is 19.8 Å². The molecule has 0 heterocycles. The zero-order chi connectivity index (χ0) is 17.2. The second-order valence-electron chi connectivity index (χ2n) is 4.66.